The van der Waals surface area contributed by atoms with Crippen molar-refractivity contribution in [1.29, 1.82) is 0 Å². The topological polar surface area (TPSA) is 103 Å². The maximum atomic E-state index is 11.4. The molecule has 1 aliphatic rings. The van der Waals surface area contributed by atoms with Crippen molar-refractivity contribution >= 4 is 27.7 Å². The zero-order chi connectivity index (χ0) is 15.4. The van der Waals surface area contributed by atoms with Crippen LogP contribution in [0.25, 0.3) is 0 Å². The van der Waals surface area contributed by atoms with Crippen LogP contribution < -0.4 is 21.5 Å². The number of nitrogens with zero attached hydrogens (tertiary/aromatic N) is 1. The molecule has 21 heavy (non-hydrogen) atoms. The zero-order valence-corrected chi connectivity index (χ0v) is 13.6. The van der Waals surface area contributed by atoms with Crippen molar-refractivity contribution in [3.8, 4) is 5.88 Å². The molecule has 0 radical (unpaired) electrons. The van der Waals surface area contributed by atoms with Crippen molar-refractivity contribution in [1.82, 2.24) is 4.98 Å². The number of amides is 1. The summed E-state index contributed by atoms with van der Waals surface area (Å²) in [6.45, 7) is 2.26. The second-order valence-corrected chi connectivity index (χ2v) is 6.08. The van der Waals surface area contributed by atoms with Crippen LogP contribution in [0.5, 0.6) is 5.88 Å². The van der Waals surface area contributed by atoms with E-state index in [9.17, 15) is 4.79 Å². The van der Waals surface area contributed by atoms with Gasteiger partial charge in [-0.25, -0.2) is 0 Å². The van der Waals surface area contributed by atoms with Gasteiger partial charge >= 0.3 is 0 Å². The number of carbonyl (C=O) groups excluding carboxylic acids is 1. The average molecular weight is 357 g/mol. The minimum absolute atomic E-state index is 0.267. The Bertz CT molecular complexity index is 516. The minimum atomic E-state index is -0.554. The van der Waals surface area contributed by atoms with Crippen LogP contribution >= 0.6 is 15.9 Å². The average Bonchev–Trinajstić information content (AvgIpc) is 2.44. The smallest absolute Gasteiger partial charge is 0.254 e. The molecule has 1 aromatic rings. The molecule has 1 saturated carbocycles. The van der Waals surface area contributed by atoms with Crippen LogP contribution in [0.3, 0.4) is 0 Å². The molecule has 5 N–H and O–H groups in total. The SMILES string of the molecule is CCOc1nc(NC2CCC(N)CC2)c(Br)cc1C(N)=O. The summed E-state index contributed by atoms with van der Waals surface area (Å²) in [6.07, 6.45) is 4.04. The molecule has 116 valence electrons. The van der Waals surface area contributed by atoms with Gasteiger partial charge in [0.2, 0.25) is 5.88 Å². The summed E-state index contributed by atoms with van der Waals surface area (Å²) in [6, 6.07) is 2.29. The van der Waals surface area contributed by atoms with Gasteiger partial charge in [0.1, 0.15) is 11.4 Å². The predicted molar refractivity (Wildman–Crippen MR) is 85.5 cm³/mol. The van der Waals surface area contributed by atoms with Gasteiger partial charge in [0.05, 0.1) is 11.1 Å². The normalized spacial score (nSPS) is 21.9. The lowest BCUT2D eigenvalue weighted by atomic mass is 9.92. The first-order chi connectivity index (χ1) is 10.0. The molecule has 1 amide bonds. The highest BCUT2D eigenvalue weighted by Crippen LogP contribution is 2.30. The molecule has 0 aromatic carbocycles. The standard InChI is InChI=1S/C14H21BrN4O2/c1-2-21-14-10(12(17)20)7-11(15)13(19-14)18-9-5-3-8(16)4-6-9/h7-9H,2-6,16H2,1H3,(H2,17,20)(H,18,19). The van der Waals surface area contributed by atoms with Gasteiger partial charge in [-0.15, -0.1) is 0 Å². The second-order valence-electron chi connectivity index (χ2n) is 5.22. The summed E-state index contributed by atoms with van der Waals surface area (Å²) in [4.78, 5) is 15.8. The molecule has 0 unspecified atom stereocenters. The van der Waals surface area contributed by atoms with E-state index in [0.29, 0.717) is 29.0 Å². The third-order valence-corrected chi connectivity index (χ3v) is 4.20. The number of carbonyl (C=O) groups is 1. The van der Waals surface area contributed by atoms with Gasteiger partial charge in [-0.05, 0) is 54.6 Å². The van der Waals surface area contributed by atoms with Crippen molar-refractivity contribution in [2.45, 2.75) is 44.7 Å². The van der Waals surface area contributed by atoms with Crippen molar-refractivity contribution in [2.24, 2.45) is 11.5 Å². The van der Waals surface area contributed by atoms with Crippen molar-refractivity contribution < 1.29 is 9.53 Å². The Kier molecular flexibility index (Phi) is 5.41. The maximum Gasteiger partial charge on any atom is 0.254 e. The van der Waals surface area contributed by atoms with E-state index in [1.807, 2.05) is 6.92 Å². The fourth-order valence-corrected chi connectivity index (χ4v) is 2.89. The number of halogens is 1. The fraction of sp³-hybridized carbons (Fsp3) is 0.571. The van der Waals surface area contributed by atoms with E-state index < -0.39 is 5.91 Å². The lowest BCUT2D eigenvalue weighted by Gasteiger charge is -2.27. The molecular formula is C14H21BrN4O2. The van der Waals surface area contributed by atoms with Crippen LogP contribution in [-0.4, -0.2) is 29.6 Å². The molecule has 1 aliphatic carbocycles. The number of ether oxygens (including phenoxy) is 1. The quantitative estimate of drug-likeness (QED) is 0.748. The summed E-state index contributed by atoms with van der Waals surface area (Å²) in [5, 5.41) is 3.39. The Balaban J connectivity index is 2.19. The third kappa shape index (κ3) is 4.07. The summed E-state index contributed by atoms with van der Waals surface area (Å²) in [7, 11) is 0. The van der Waals surface area contributed by atoms with Gasteiger partial charge in [-0.2, -0.15) is 4.98 Å². The predicted octanol–water partition coefficient (Wildman–Crippen LogP) is 2.02. The highest BCUT2D eigenvalue weighted by Gasteiger charge is 2.21. The Labute approximate surface area is 132 Å². The molecule has 0 atom stereocenters. The molecule has 0 bridgehead atoms. The Morgan fingerprint density at radius 3 is 2.71 bits per heavy atom. The number of nitrogens with two attached hydrogens (primary N) is 2. The van der Waals surface area contributed by atoms with Crippen LogP contribution in [0, 0.1) is 0 Å². The number of anilines is 1. The zero-order valence-electron chi connectivity index (χ0n) is 12.1. The van der Waals surface area contributed by atoms with Gasteiger partial charge < -0.3 is 21.5 Å². The number of rotatable bonds is 5. The first-order valence-electron chi connectivity index (χ1n) is 7.16. The van der Waals surface area contributed by atoms with E-state index in [4.69, 9.17) is 16.2 Å². The van der Waals surface area contributed by atoms with Gasteiger partial charge in [0.25, 0.3) is 5.91 Å². The molecule has 0 saturated heterocycles. The van der Waals surface area contributed by atoms with Crippen molar-refractivity contribution in [2.75, 3.05) is 11.9 Å². The summed E-state index contributed by atoms with van der Waals surface area (Å²) < 4.78 is 6.11. The van der Waals surface area contributed by atoms with Gasteiger partial charge in [-0.3, -0.25) is 4.79 Å². The molecular weight excluding hydrogens is 336 g/mol. The molecule has 0 spiro atoms. The van der Waals surface area contributed by atoms with Gasteiger partial charge in [-0.1, -0.05) is 0 Å². The first kappa shape index (κ1) is 16.0. The number of aromatic nitrogens is 1. The van der Waals surface area contributed by atoms with E-state index in [0.717, 1.165) is 25.7 Å². The molecule has 1 heterocycles. The molecule has 6 nitrogen and oxygen atoms in total. The van der Waals surface area contributed by atoms with E-state index in [1.165, 1.54) is 0 Å². The molecule has 7 heteroatoms. The summed E-state index contributed by atoms with van der Waals surface area (Å²) >= 11 is 3.43. The highest BCUT2D eigenvalue weighted by atomic mass is 79.9. The Hall–Kier alpha value is -1.34. The van der Waals surface area contributed by atoms with Crippen molar-refractivity contribution in [3.05, 3.63) is 16.1 Å². The van der Waals surface area contributed by atoms with Crippen LogP contribution in [0.15, 0.2) is 10.5 Å². The number of nitrogens with one attached hydrogen (secondary N) is 1. The summed E-state index contributed by atoms with van der Waals surface area (Å²) in [5.41, 5.74) is 11.5. The Morgan fingerprint density at radius 2 is 2.14 bits per heavy atom. The monoisotopic (exact) mass is 356 g/mol. The van der Waals surface area contributed by atoms with Crippen LogP contribution in [0.1, 0.15) is 43.0 Å². The largest absolute Gasteiger partial charge is 0.477 e. The van der Waals surface area contributed by atoms with Gasteiger partial charge in [0, 0.05) is 12.1 Å². The minimum Gasteiger partial charge on any atom is -0.477 e. The second kappa shape index (κ2) is 7.09. The van der Waals surface area contributed by atoms with Crippen LogP contribution in [0.4, 0.5) is 5.82 Å². The maximum absolute atomic E-state index is 11.4. The highest BCUT2D eigenvalue weighted by molar-refractivity contribution is 9.10. The lowest BCUT2D eigenvalue weighted by Crippen LogP contribution is -2.33. The number of pyridine rings is 1. The Morgan fingerprint density at radius 1 is 1.48 bits per heavy atom. The van der Waals surface area contributed by atoms with E-state index >= 15 is 0 Å². The van der Waals surface area contributed by atoms with E-state index in [-0.39, 0.29) is 11.4 Å². The molecule has 2 rings (SSSR count). The lowest BCUT2D eigenvalue weighted by molar-refractivity contribution is 0.0996. The van der Waals surface area contributed by atoms with E-state index in [2.05, 4.69) is 26.2 Å². The van der Waals surface area contributed by atoms with E-state index in [1.54, 1.807) is 6.07 Å². The fourth-order valence-electron chi connectivity index (χ4n) is 2.45. The number of hydrogen-bond donors (Lipinski definition) is 3. The summed E-state index contributed by atoms with van der Waals surface area (Å²) in [5.74, 6) is 0.383. The molecule has 1 aromatic heterocycles. The third-order valence-electron chi connectivity index (χ3n) is 3.60. The van der Waals surface area contributed by atoms with Crippen LogP contribution in [-0.2, 0) is 0 Å². The van der Waals surface area contributed by atoms with Gasteiger partial charge in [0.15, 0.2) is 0 Å². The first-order valence-corrected chi connectivity index (χ1v) is 7.95. The number of hydrogen-bond acceptors (Lipinski definition) is 5. The molecule has 0 aliphatic heterocycles. The van der Waals surface area contributed by atoms with Crippen molar-refractivity contribution in [3.63, 3.8) is 0 Å². The molecule has 1 fully saturated rings. The van der Waals surface area contributed by atoms with Crippen LogP contribution in [0.2, 0.25) is 0 Å². The number of primary amides is 1.